The molecule has 142 valence electrons. The number of para-hydroxylation sites is 1. The smallest absolute Gasteiger partial charge is 0.255 e. The van der Waals surface area contributed by atoms with Crippen LogP contribution in [0.5, 0.6) is 11.5 Å². The molecule has 0 aliphatic carbocycles. The Kier molecular flexibility index (Phi) is 5.08. The first-order valence-electron chi connectivity index (χ1n) is 8.85. The van der Waals surface area contributed by atoms with E-state index in [-0.39, 0.29) is 12.1 Å². The number of fused-ring (bicyclic) bond motifs is 1. The highest BCUT2D eigenvalue weighted by molar-refractivity contribution is 6.30. The topological polar surface area (TPSA) is 59.6 Å². The van der Waals surface area contributed by atoms with Gasteiger partial charge in [-0.25, -0.2) is 0 Å². The average Bonchev–Trinajstić information content (AvgIpc) is 2.73. The molecule has 3 aromatic rings. The van der Waals surface area contributed by atoms with E-state index >= 15 is 0 Å². The molecular weight excluding hydrogens is 376 g/mol. The van der Waals surface area contributed by atoms with Gasteiger partial charge in [-0.05, 0) is 47.5 Å². The van der Waals surface area contributed by atoms with E-state index in [0.717, 1.165) is 16.8 Å². The lowest BCUT2D eigenvalue weighted by atomic mass is 10.1. The van der Waals surface area contributed by atoms with Gasteiger partial charge in [0.15, 0.2) is 11.5 Å². The van der Waals surface area contributed by atoms with Crippen LogP contribution < -0.4 is 20.1 Å². The number of benzene rings is 3. The van der Waals surface area contributed by atoms with Crippen LogP contribution in [0.25, 0.3) is 0 Å². The molecule has 0 spiro atoms. The van der Waals surface area contributed by atoms with Gasteiger partial charge < -0.3 is 20.1 Å². The van der Waals surface area contributed by atoms with E-state index in [1.54, 1.807) is 13.2 Å². The van der Waals surface area contributed by atoms with Crippen molar-refractivity contribution in [3.05, 3.63) is 88.4 Å². The molecule has 1 heterocycles. The van der Waals surface area contributed by atoms with Gasteiger partial charge in [0.25, 0.3) is 5.91 Å². The number of anilines is 1. The molecule has 0 saturated heterocycles. The summed E-state index contributed by atoms with van der Waals surface area (Å²) in [7, 11) is 1.59. The summed E-state index contributed by atoms with van der Waals surface area (Å²) in [6.45, 7) is 0.401. The number of amides is 1. The number of carbonyl (C=O) groups excluding carboxylic acids is 1. The van der Waals surface area contributed by atoms with Crippen LogP contribution in [0.1, 0.15) is 27.7 Å². The zero-order valence-corrected chi connectivity index (χ0v) is 16.0. The summed E-state index contributed by atoms with van der Waals surface area (Å²) in [4.78, 5) is 12.4. The number of halogens is 1. The van der Waals surface area contributed by atoms with Crippen LogP contribution in [0.15, 0.2) is 66.7 Å². The summed E-state index contributed by atoms with van der Waals surface area (Å²) in [5, 5.41) is 6.99. The minimum absolute atomic E-state index is 0.110. The number of rotatable bonds is 5. The molecule has 4 rings (SSSR count). The zero-order chi connectivity index (χ0) is 19.5. The first-order valence-corrected chi connectivity index (χ1v) is 9.23. The second-order valence-corrected chi connectivity index (χ2v) is 6.86. The van der Waals surface area contributed by atoms with E-state index in [9.17, 15) is 4.79 Å². The standard InChI is InChI=1S/C22H19ClN2O3/c1-27-20-12-15(21-24-18-5-3-2-4-17(18)22(26)25-21)8-11-19(20)28-13-14-6-9-16(23)10-7-14/h2-12,21,24H,13H2,1H3,(H,25,26). The number of carbonyl (C=O) groups is 1. The molecule has 0 bridgehead atoms. The highest BCUT2D eigenvalue weighted by Crippen LogP contribution is 2.33. The molecule has 6 heteroatoms. The van der Waals surface area contributed by atoms with Gasteiger partial charge in [0, 0.05) is 10.7 Å². The number of hydrogen-bond donors (Lipinski definition) is 2. The molecule has 1 unspecified atom stereocenters. The summed E-state index contributed by atoms with van der Waals surface area (Å²) in [6, 6.07) is 20.5. The Balaban J connectivity index is 1.52. The van der Waals surface area contributed by atoms with Crippen LogP contribution in [-0.4, -0.2) is 13.0 Å². The zero-order valence-electron chi connectivity index (χ0n) is 15.2. The minimum Gasteiger partial charge on any atom is -0.493 e. The van der Waals surface area contributed by atoms with Crippen molar-refractivity contribution >= 4 is 23.2 Å². The molecule has 1 aliphatic rings. The fraction of sp³-hybridized carbons (Fsp3) is 0.136. The van der Waals surface area contributed by atoms with Crippen LogP contribution in [0.2, 0.25) is 5.02 Å². The van der Waals surface area contributed by atoms with Crippen LogP contribution in [-0.2, 0) is 6.61 Å². The summed E-state index contributed by atoms with van der Waals surface area (Å²) in [6.07, 6.45) is -0.346. The molecule has 0 radical (unpaired) electrons. The van der Waals surface area contributed by atoms with Crippen molar-refractivity contribution in [3.63, 3.8) is 0 Å². The summed E-state index contributed by atoms with van der Waals surface area (Å²) in [5.41, 5.74) is 3.32. The van der Waals surface area contributed by atoms with E-state index in [1.807, 2.05) is 60.7 Å². The quantitative estimate of drug-likeness (QED) is 0.653. The molecular formula is C22H19ClN2O3. The Morgan fingerprint density at radius 2 is 1.75 bits per heavy atom. The SMILES string of the molecule is COc1cc(C2NC(=O)c3ccccc3N2)ccc1OCc1ccc(Cl)cc1. The van der Waals surface area contributed by atoms with Gasteiger partial charge >= 0.3 is 0 Å². The van der Waals surface area contributed by atoms with E-state index in [2.05, 4.69) is 10.6 Å². The van der Waals surface area contributed by atoms with Crippen LogP contribution in [0.4, 0.5) is 5.69 Å². The maximum absolute atomic E-state index is 12.4. The van der Waals surface area contributed by atoms with Crippen molar-refractivity contribution in [3.8, 4) is 11.5 Å². The van der Waals surface area contributed by atoms with Crippen molar-refractivity contribution in [2.45, 2.75) is 12.8 Å². The summed E-state index contributed by atoms with van der Waals surface area (Å²) >= 11 is 5.91. The first-order chi connectivity index (χ1) is 13.6. The lowest BCUT2D eigenvalue weighted by Crippen LogP contribution is -2.38. The number of hydrogen-bond acceptors (Lipinski definition) is 4. The highest BCUT2D eigenvalue weighted by atomic mass is 35.5. The maximum Gasteiger partial charge on any atom is 0.255 e. The maximum atomic E-state index is 12.4. The highest BCUT2D eigenvalue weighted by Gasteiger charge is 2.24. The molecule has 3 aromatic carbocycles. The number of ether oxygens (including phenoxy) is 2. The molecule has 0 saturated carbocycles. The normalized spacial score (nSPS) is 15.2. The van der Waals surface area contributed by atoms with Crippen LogP contribution in [0.3, 0.4) is 0 Å². The summed E-state index contributed by atoms with van der Waals surface area (Å²) in [5.74, 6) is 1.12. The molecule has 0 aromatic heterocycles. The van der Waals surface area contributed by atoms with Crippen molar-refractivity contribution in [1.29, 1.82) is 0 Å². The Bertz CT molecular complexity index is 1000. The molecule has 0 fully saturated rings. The van der Waals surface area contributed by atoms with Gasteiger partial charge in [-0.3, -0.25) is 4.79 Å². The van der Waals surface area contributed by atoms with Crippen LogP contribution >= 0.6 is 11.6 Å². The second kappa shape index (κ2) is 7.82. The largest absolute Gasteiger partial charge is 0.493 e. The fourth-order valence-electron chi connectivity index (χ4n) is 3.10. The van der Waals surface area contributed by atoms with Gasteiger partial charge in [-0.1, -0.05) is 41.9 Å². The molecule has 1 atom stereocenters. The number of nitrogens with one attached hydrogen (secondary N) is 2. The predicted octanol–water partition coefficient (Wildman–Crippen LogP) is 4.78. The summed E-state index contributed by atoms with van der Waals surface area (Å²) < 4.78 is 11.4. The second-order valence-electron chi connectivity index (χ2n) is 6.42. The third-order valence-electron chi connectivity index (χ3n) is 4.58. The van der Waals surface area contributed by atoms with Gasteiger partial charge in [0.05, 0.1) is 12.7 Å². The lowest BCUT2D eigenvalue weighted by Gasteiger charge is -2.28. The van der Waals surface area contributed by atoms with Gasteiger partial charge in [0.1, 0.15) is 12.8 Å². The van der Waals surface area contributed by atoms with E-state index in [4.69, 9.17) is 21.1 Å². The van der Waals surface area contributed by atoms with Crippen molar-refractivity contribution in [2.75, 3.05) is 12.4 Å². The Morgan fingerprint density at radius 3 is 2.54 bits per heavy atom. The minimum atomic E-state index is -0.346. The Hall–Kier alpha value is -3.18. The molecule has 5 nitrogen and oxygen atoms in total. The average molecular weight is 395 g/mol. The Morgan fingerprint density at radius 1 is 0.964 bits per heavy atom. The third kappa shape index (κ3) is 3.75. The van der Waals surface area contributed by atoms with Gasteiger partial charge in [-0.2, -0.15) is 0 Å². The molecule has 2 N–H and O–H groups in total. The van der Waals surface area contributed by atoms with Gasteiger partial charge in [0.2, 0.25) is 0 Å². The molecule has 1 aliphatic heterocycles. The van der Waals surface area contributed by atoms with Crippen molar-refractivity contribution < 1.29 is 14.3 Å². The Labute approximate surface area is 168 Å². The van der Waals surface area contributed by atoms with E-state index < -0.39 is 0 Å². The van der Waals surface area contributed by atoms with Gasteiger partial charge in [-0.15, -0.1) is 0 Å². The number of methoxy groups -OCH3 is 1. The molecule has 28 heavy (non-hydrogen) atoms. The van der Waals surface area contributed by atoms with E-state index in [1.165, 1.54) is 0 Å². The lowest BCUT2D eigenvalue weighted by molar-refractivity contribution is 0.0935. The molecule has 1 amide bonds. The van der Waals surface area contributed by atoms with Crippen molar-refractivity contribution in [2.24, 2.45) is 0 Å². The predicted molar refractivity (Wildman–Crippen MR) is 109 cm³/mol. The van der Waals surface area contributed by atoms with Crippen LogP contribution in [0, 0.1) is 0 Å². The fourth-order valence-corrected chi connectivity index (χ4v) is 3.22. The third-order valence-corrected chi connectivity index (χ3v) is 4.83. The monoisotopic (exact) mass is 394 g/mol. The van der Waals surface area contributed by atoms with Crippen molar-refractivity contribution in [1.82, 2.24) is 5.32 Å². The van der Waals surface area contributed by atoms with E-state index in [0.29, 0.717) is 28.7 Å². The first kappa shape index (κ1) is 18.2.